The maximum Gasteiger partial charge on any atom is 0.298 e. The van der Waals surface area contributed by atoms with Crippen molar-refractivity contribution in [3.05, 3.63) is 35.4 Å². The standard InChI is InChI=1S/C21H28N2O8S2/c1-12(22)3-5-30-18-8-14-7-15-9-19(31-6-4-13(2)23)21(33(27,28)29)11-17(15)16(14)10-20(18)32(24,25)26/h8-13H,3-7,22-23H2,1-2H3,(H,24,25,26)(H,27,28,29). The molecule has 33 heavy (non-hydrogen) atoms. The Morgan fingerprint density at radius 1 is 0.788 bits per heavy atom. The summed E-state index contributed by atoms with van der Waals surface area (Å²) in [5.41, 5.74) is 13.6. The third kappa shape index (κ3) is 6.02. The van der Waals surface area contributed by atoms with Crippen molar-refractivity contribution in [2.24, 2.45) is 11.5 Å². The smallest absolute Gasteiger partial charge is 0.298 e. The highest BCUT2D eigenvalue weighted by molar-refractivity contribution is 7.86. The van der Waals surface area contributed by atoms with E-state index in [0.717, 1.165) is 0 Å². The molecule has 0 aromatic heterocycles. The Labute approximate surface area is 193 Å². The van der Waals surface area contributed by atoms with Gasteiger partial charge in [0.15, 0.2) is 0 Å². The van der Waals surface area contributed by atoms with Gasteiger partial charge in [-0.1, -0.05) is 0 Å². The Kier molecular flexibility index (Phi) is 7.36. The molecule has 182 valence electrons. The number of hydrogen-bond acceptors (Lipinski definition) is 8. The van der Waals surface area contributed by atoms with Gasteiger partial charge in [0, 0.05) is 12.1 Å². The van der Waals surface area contributed by atoms with Gasteiger partial charge < -0.3 is 20.9 Å². The molecule has 0 bridgehead atoms. The van der Waals surface area contributed by atoms with E-state index in [0.29, 0.717) is 41.5 Å². The molecule has 1 aliphatic rings. The van der Waals surface area contributed by atoms with E-state index >= 15 is 0 Å². The molecule has 0 fully saturated rings. The van der Waals surface area contributed by atoms with Gasteiger partial charge in [-0.2, -0.15) is 16.8 Å². The lowest BCUT2D eigenvalue weighted by atomic mass is 10.1. The molecular weight excluding hydrogens is 472 g/mol. The fourth-order valence-electron chi connectivity index (χ4n) is 3.54. The molecule has 2 atom stereocenters. The second-order valence-corrected chi connectivity index (χ2v) is 11.0. The Balaban J connectivity index is 2.07. The molecule has 1 aliphatic carbocycles. The maximum atomic E-state index is 12.0. The van der Waals surface area contributed by atoms with Crippen molar-refractivity contribution in [1.29, 1.82) is 0 Å². The fraction of sp³-hybridized carbons (Fsp3) is 0.429. The van der Waals surface area contributed by atoms with Crippen LogP contribution < -0.4 is 20.9 Å². The molecule has 0 saturated carbocycles. The van der Waals surface area contributed by atoms with Gasteiger partial charge in [0.05, 0.1) is 13.2 Å². The summed E-state index contributed by atoms with van der Waals surface area (Å²) in [4.78, 5) is -0.881. The lowest BCUT2D eigenvalue weighted by molar-refractivity contribution is 0.292. The van der Waals surface area contributed by atoms with Gasteiger partial charge in [-0.3, -0.25) is 9.11 Å². The molecule has 12 heteroatoms. The van der Waals surface area contributed by atoms with Crippen LogP contribution in [0.2, 0.25) is 0 Å². The van der Waals surface area contributed by atoms with Crippen LogP contribution >= 0.6 is 0 Å². The fourth-order valence-corrected chi connectivity index (χ4v) is 4.82. The minimum absolute atomic E-state index is 0.0203. The van der Waals surface area contributed by atoms with E-state index in [-0.39, 0.29) is 36.8 Å². The molecule has 6 N–H and O–H groups in total. The molecule has 0 radical (unpaired) electrons. The summed E-state index contributed by atoms with van der Waals surface area (Å²) >= 11 is 0. The third-order valence-electron chi connectivity index (χ3n) is 5.23. The summed E-state index contributed by atoms with van der Waals surface area (Å²) in [5.74, 6) is -0.0405. The first-order valence-electron chi connectivity index (χ1n) is 10.3. The number of ether oxygens (including phenoxy) is 2. The molecule has 0 aliphatic heterocycles. The summed E-state index contributed by atoms with van der Waals surface area (Å²) < 4.78 is 78.6. The van der Waals surface area contributed by atoms with Gasteiger partial charge in [0.25, 0.3) is 20.2 Å². The average molecular weight is 501 g/mol. The van der Waals surface area contributed by atoms with Gasteiger partial charge in [0.1, 0.15) is 21.3 Å². The van der Waals surface area contributed by atoms with Crippen LogP contribution in [0.1, 0.15) is 37.8 Å². The SMILES string of the molecule is CC(N)CCOc1cc2c(cc1S(=O)(=O)O)-c1cc(S(=O)(=O)O)c(OCCC(C)N)cc1C2. The molecule has 2 aromatic rings. The van der Waals surface area contributed by atoms with Crippen LogP contribution in [0.15, 0.2) is 34.1 Å². The molecular formula is C21H28N2O8S2. The van der Waals surface area contributed by atoms with Crippen molar-refractivity contribution < 1.29 is 35.4 Å². The first kappa shape index (κ1) is 25.4. The number of rotatable bonds is 10. The van der Waals surface area contributed by atoms with Crippen LogP contribution in [0, 0.1) is 0 Å². The number of nitrogens with two attached hydrogens (primary N) is 2. The van der Waals surface area contributed by atoms with Crippen molar-refractivity contribution in [1.82, 2.24) is 0 Å². The van der Waals surface area contributed by atoms with E-state index in [1.807, 2.05) is 0 Å². The van der Waals surface area contributed by atoms with Crippen molar-refractivity contribution in [2.75, 3.05) is 13.2 Å². The van der Waals surface area contributed by atoms with E-state index in [1.54, 1.807) is 13.8 Å². The summed E-state index contributed by atoms with van der Waals surface area (Å²) in [6, 6.07) is 5.17. The lowest BCUT2D eigenvalue weighted by Gasteiger charge is -2.14. The van der Waals surface area contributed by atoms with E-state index < -0.39 is 30.0 Å². The number of benzene rings is 2. The molecule has 2 unspecified atom stereocenters. The monoisotopic (exact) mass is 500 g/mol. The minimum Gasteiger partial charge on any atom is -0.492 e. The van der Waals surface area contributed by atoms with Crippen LogP contribution in [-0.4, -0.2) is 51.2 Å². The quantitative estimate of drug-likeness (QED) is 0.301. The summed E-state index contributed by atoms with van der Waals surface area (Å²) in [5, 5.41) is 0. The first-order valence-corrected chi connectivity index (χ1v) is 13.2. The van der Waals surface area contributed by atoms with Crippen LogP contribution in [0.5, 0.6) is 11.5 Å². The van der Waals surface area contributed by atoms with E-state index in [1.165, 1.54) is 24.3 Å². The van der Waals surface area contributed by atoms with Gasteiger partial charge >= 0.3 is 0 Å². The maximum absolute atomic E-state index is 12.0. The van der Waals surface area contributed by atoms with Crippen LogP contribution in [0.25, 0.3) is 11.1 Å². The van der Waals surface area contributed by atoms with E-state index in [9.17, 15) is 25.9 Å². The second kappa shape index (κ2) is 9.57. The highest BCUT2D eigenvalue weighted by Crippen LogP contribution is 2.44. The summed E-state index contributed by atoms with van der Waals surface area (Å²) in [7, 11) is -9.27. The number of fused-ring (bicyclic) bond motifs is 3. The summed E-state index contributed by atoms with van der Waals surface area (Å²) in [6.07, 6.45) is 1.29. The largest absolute Gasteiger partial charge is 0.492 e. The van der Waals surface area contributed by atoms with Gasteiger partial charge in [-0.05, 0) is 79.6 Å². The molecule has 2 aromatic carbocycles. The Morgan fingerprint density at radius 3 is 1.45 bits per heavy atom. The molecule has 3 rings (SSSR count). The van der Waals surface area contributed by atoms with Crippen molar-refractivity contribution in [2.45, 2.75) is 55.0 Å². The Bertz CT molecular complexity index is 1160. The zero-order valence-corrected chi connectivity index (χ0v) is 19.9. The zero-order valence-electron chi connectivity index (χ0n) is 18.3. The molecule has 0 saturated heterocycles. The predicted molar refractivity (Wildman–Crippen MR) is 122 cm³/mol. The second-order valence-electron chi connectivity index (χ2n) is 8.27. The normalized spacial score (nSPS) is 15.0. The third-order valence-corrected chi connectivity index (χ3v) is 6.98. The highest BCUT2D eigenvalue weighted by atomic mass is 32.2. The van der Waals surface area contributed by atoms with Crippen LogP contribution in [0.4, 0.5) is 0 Å². The highest BCUT2D eigenvalue weighted by Gasteiger charge is 2.29. The minimum atomic E-state index is -4.64. The van der Waals surface area contributed by atoms with Crippen molar-refractivity contribution in [3.8, 4) is 22.6 Å². The Hall–Kier alpha value is -2.22. The van der Waals surface area contributed by atoms with E-state index in [2.05, 4.69) is 0 Å². The summed E-state index contributed by atoms with van der Waals surface area (Å²) in [6.45, 7) is 3.87. The van der Waals surface area contributed by atoms with Crippen molar-refractivity contribution in [3.63, 3.8) is 0 Å². The molecule has 0 heterocycles. The van der Waals surface area contributed by atoms with Gasteiger partial charge in [0.2, 0.25) is 0 Å². The van der Waals surface area contributed by atoms with Crippen LogP contribution in [0.3, 0.4) is 0 Å². The lowest BCUT2D eigenvalue weighted by Crippen LogP contribution is -2.18. The molecule has 0 spiro atoms. The molecule has 10 nitrogen and oxygen atoms in total. The topological polar surface area (TPSA) is 179 Å². The molecule has 0 amide bonds. The number of hydrogen-bond donors (Lipinski definition) is 4. The van der Waals surface area contributed by atoms with Crippen molar-refractivity contribution >= 4 is 20.2 Å². The van der Waals surface area contributed by atoms with E-state index in [4.69, 9.17) is 20.9 Å². The van der Waals surface area contributed by atoms with Crippen LogP contribution in [-0.2, 0) is 26.7 Å². The average Bonchev–Trinajstić information content (AvgIpc) is 3.01. The van der Waals surface area contributed by atoms with Gasteiger partial charge in [-0.15, -0.1) is 0 Å². The predicted octanol–water partition coefficient (Wildman–Crippen LogP) is 1.98. The zero-order chi connectivity index (χ0) is 24.6. The van der Waals surface area contributed by atoms with Gasteiger partial charge in [-0.25, -0.2) is 0 Å². The Morgan fingerprint density at radius 2 is 1.15 bits per heavy atom. The first-order chi connectivity index (χ1) is 15.3.